The second-order valence-electron chi connectivity index (χ2n) is 3.83. The maximum absolute atomic E-state index is 9.61. The Balaban J connectivity index is 2.57. The van der Waals surface area contributed by atoms with Gasteiger partial charge < -0.3 is 14.4 Å². The molecule has 0 aliphatic carbocycles. The van der Waals surface area contributed by atoms with Crippen molar-refractivity contribution in [1.29, 1.82) is 0 Å². The van der Waals surface area contributed by atoms with E-state index in [-0.39, 0.29) is 6.10 Å². The summed E-state index contributed by atoms with van der Waals surface area (Å²) in [5.41, 5.74) is 0. The number of aliphatic hydroxyl groups excluding tert-OH is 1. The van der Waals surface area contributed by atoms with Gasteiger partial charge in [0, 0.05) is 7.11 Å². The maximum atomic E-state index is 9.61. The fourth-order valence-electron chi connectivity index (χ4n) is 1.57. The van der Waals surface area contributed by atoms with Crippen LogP contribution in [-0.2, 0) is 11.2 Å². The molecule has 0 fully saturated rings. The van der Waals surface area contributed by atoms with E-state index < -0.39 is 6.10 Å². The summed E-state index contributed by atoms with van der Waals surface area (Å²) >= 11 is 0. The van der Waals surface area contributed by atoms with Crippen LogP contribution in [-0.4, -0.2) is 28.5 Å². The smallest absolute Gasteiger partial charge is 0.229 e. The molecule has 0 saturated heterocycles. The molecule has 5 nitrogen and oxygen atoms in total. The van der Waals surface area contributed by atoms with E-state index in [1.54, 1.807) is 7.11 Å². The van der Waals surface area contributed by atoms with Gasteiger partial charge in [-0.15, -0.1) is 0 Å². The van der Waals surface area contributed by atoms with Crippen molar-refractivity contribution in [2.75, 3.05) is 7.11 Å². The van der Waals surface area contributed by atoms with Crippen LogP contribution in [0.2, 0.25) is 0 Å². The van der Waals surface area contributed by atoms with Crippen molar-refractivity contribution in [2.45, 2.75) is 51.7 Å². The molecule has 1 rings (SSSR count). The number of ether oxygens (including phenoxy) is 1. The molecule has 16 heavy (non-hydrogen) atoms. The highest BCUT2D eigenvalue weighted by atomic mass is 16.5. The van der Waals surface area contributed by atoms with Crippen LogP contribution in [0, 0.1) is 0 Å². The summed E-state index contributed by atoms with van der Waals surface area (Å²) in [5, 5.41) is 13.5. The van der Waals surface area contributed by atoms with Gasteiger partial charge in [-0.3, -0.25) is 0 Å². The van der Waals surface area contributed by atoms with Crippen LogP contribution in [0.15, 0.2) is 4.52 Å². The summed E-state index contributed by atoms with van der Waals surface area (Å²) in [4.78, 5) is 4.21. The average Bonchev–Trinajstić information content (AvgIpc) is 2.68. The van der Waals surface area contributed by atoms with E-state index >= 15 is 0 Å². The molecule has 1 aromatic heterocycles. The van der Waals surface area contributed by atoms with Gasteiger partial charge in [0.15, 0.2) is 0 Å². The highest BCUT2D eigenvalue weighted by Crippen LogP contribution is 2.17. The molecular weight excluding hydrogens is 208 g/mol. The molecule has 2 atom stereocenters. The summed E-state index contributed by atoms with van der Waals surface area (Å²) in [6, 6.07) is 0. The van der Waals surface area contributed by atoms with Crippen molar-refractivity contribution < 1.29 is 14.4 Å². The molecule has 0 amide bonds. The molecule has 0 aliphatic heterocycles. The third-order valence-electron chi connectivity index (χ3n) is 2.46. The Labute approximate surface area is 95.8 Å². The summed E-state index contributed by atoms with van der Waals surface area (Å²) in [6.45, 7) is 4.02. The molecule has 1 aromatic rings. The first-order valence-corrected chi connectivity index (χ1v) is 5.74. The van der Waals surface area contributed by atoms with Crippen LogP contribution in [0.5, 0.6) is 0 Å². The molecule has 92 valence electrons. The van der Waals surface area contributed by atoms with Crippen LogP contribution in [0.25, 0.3) is 0 Å². The Kier molecular flexibility index (Phi) is 5.42. The summed E-state index contributed by atoms with van der Waals surface area (Å²) in [5.74, 6) is 1.04. The normalized spacial score (nSPS) is 15.0. The first-order chi connectivity index (χ1) is 7.71. The first-order valence-electron chi connectivity index (χ1n) is 5.74. The van der Waals surface area contributed by atoms with Crippen molar-refractivity contribution in [3.63, 3.8) is 0 Å². The van der Waals surface area contributed by atoms with E-state index in [4.69, 9.17) is 9.26 Å². The van der Waals surface area contributed by atoms with Gasteiger partial charge in [0.05, 0.1) is 12.5 Å². The number of aliphatic hydroxyl groups is 1. The van der Waals surface area contributed by atoms with Crippen LogP contribution >= 0.6 is 0 Å². The molecule has 1 N–H and O–H groups in total. The van der Waals surface area contributed by atoms with Gasteiger partial charge in [-0.1, -0.05) is 25.4 Å². The number of methoxy groups -OCH3 is 1. The van der Waals surface area contributed by atoms with Crippen molar-refractivity contribution >= 4 is 0 Å². The third-order valence-corrected chi connectivity index (χ3v) is 2.46. The summed E-state index contributed by atoms with van der Waals surface area (Å²) in [6.07, 6.45) is 2.38. The highest BCUT2D eigenvalue weighted by molar-refractivity contribution is 4.92. The Morgan fingerprint density at radius 2 is 2.19 bits per heavy atom. The van der Waals surface area contributed by atoms with Crippen LogP contribution in [0.1, 0.15) is 50.9 Å². The van der Waals surface area contributed by atoms with E-state index in [2.05, 4.69) is 10.1 Å². The van der Waals surface area contributed by atoms with Crippen molar-refractivity contribution in [3.05, 3.63) is 11.7 Å². The molecule has 0 bridgehead atoms. The molecule has 0 aromatic carbocycles. The molecule has 1 heterocycles. The lowest BCUT2D eigenvalue weighted by molar-refractivity contribution is 0.0903. The molecule has 0 aliphatic rings. The van der Waals surface area contributed by atoms with Crippen molar-refractivity contribution in [2.24, 2.45) is 0 Å². The summed E-state index contributed by atoms with van der Waals surface area (Å²) < 4.78 is 10.3. The maximum Gasteiger partial charge on any atom is 0.229 e. The lowest BCUT2D eigenvalue weighted by atomic mass is 10.1. The van der Waals surface area contributed by atoms with E-state index in [1.165, 1.54) is 0 Å². The Morgan fingerprint density at radius 1 is 1.44 bits per heavy atom. The predicted molar refractivity (Wildman–Crippen MR) is 59.0 cm³/mol. The monoisotopic (exact) mass is 228 g/mol. The van der Waals surface area contributed by atoms with Gasteiger partial charge >= 0.3 is 0 Å². The topological polar surface area (TPSA) is 68.4 Å². The van der Waals surface area contributed by atoms with Gasteiger partial charge in [0.2, 0.25) is 11.7 Å². The standard InChI is InChI=1S/C11H20N2O3/c1-4-6-8(14)7-10-12-11(13-16-10)9(5-2)15-3/h8-9,14H,4-7H2,1-3H3. The zero-order chi connectivity index (χ0) is 12.0. The number of aromatic nitrogens is 2. The van der Waals surface area contributed by atoms with Crippen molar-refractivity contribution in [3.8, 4) is 0 Å². The minimum atomic E-state index is -0.402. The second kappa shape index (κ2) is 6.60. The number of hydrogen-bond donors (Lipinski definition) is 1. The Hall–Kier alpha value is -0.940. The molecular formula is C11H20N2O3. The molecule has 0 saturated carbocycles. The number of rotatable bonds is 7. The van der Waals surface area contributed by atoms with Crippen LogP contribution in [0.3, 0.4) is 0 Å². The fourth-order valence-corrected chi connectivity index (χ4v) is 1.57. The van der Waals surface area contributed by atoms with E-state index in [0.717, 1.165) is 19.3 Å². The van der Waals surface area contributed by atoms with Gasteiger partial charge in [-0.25, -0.2) is 0 Å². The van der Waals surface area contributed by atoms with E-state index in [0.29, 0.717) is 18.1 Å². The van der Waals surface area contributed by atoms with Gasteiger partial charge in [-0.05, 0) is 12.8 Å². The molecule has 2 unspecified atom stereocenters. The minimum Gasteiger partial charge on any atom is -0.393 e. The quantitative estimate of drug-likeness (QED) is 0.771. The van der Waals surface area contributed by atoms with E-state index in [9.17, 15) is 5.11 Å². The summed E-state index contributed by atoms with van der Waals surface area (Å²) in [7, 11) is 1.62. The fraction of sp³-hybridized carbons (Fsp3) is 0.818. The second-order valence-corrected chi connectivity index (χ2v) is 3.83. The lowest BCUT2D eigenvalue weighted by Crippen LogP contribution is -2.10. The number of nitrogens with zero attached hydrogens (tertiary/aromatic N) is 2. The van der Waals surface area contributed by atoms with Gasteiger partial charge in [0.25, 0.3) is 0 Å². The number of hydrogen-bond acceptors (Lipinski definition) is 5. The SMILES string of the molecule is CCCC(O)Cc1nc(C(CC)OC)no1. The van der Waals surface area contributed by atoms with Gasteiger partial charge in [0.1, 0.15) is 6.10 Å². The van der Waals surface area contributed by atoms with Crippen LogP contribution in [0.4, 0.5) is 0 Å². The molecule has 0 radical (unpaired) electrons. The first kappa shape index (κ1) is 13.1. The third kappa shape index (κ3) is 3.57. The Bertz CT molecular complexity index is 297. The van der Waals surface area contributed by atoms with Crippen LogP contribution < -0.4 is 0 Å². The lowest BCUT2D eigenvalue weighted by Gasteiger charge is -2.06. The predicted octanol–water partition coefficient (Wildman–Crippen LogP) is 1.87. The van der Waals surface area contributed by atoms with E-state index in [1.807, 2.05) is 13.8 Å². The zero-order valence-corrected chi connectivity index (χ0v) is 10.1. The molecule has 5 heteroatoms. The zero-order valence-electron chi connectivity index (χ0n) is 10.1. The highest BCUT2D eigenvalue weighted by Gasteiger charge is 2.17. The molecule has 0 spiro atoms. The minimum absolute atomic E-state index is 0.124. The Morgan fingerprint density at radius 3 is 2.75 bits per heavy atom. The van der Waals surface area contributed by atoms with Gasteiger partial charge in [-0.2, -0.15) is 4.98 Å². The van der Waals surface area contributed by atoms with Crippen molar-refractivity contribution in [1.82, 2.24) is 10.1 Å². The average molecular weight is 228 g/mol. The largest absolute Gasteiger partial charge is 0.393 e.